The van der Waals surface area contributed by atoms with Crippen LogP contribution in [0.15, 0.2) is 122 Å². The van der Waals surface area contributed by atoms with Gasteiger partial charge in [-0.3, -0.25) is 14.5 Å². The van der Waals surface area contributed by atoms with Crippen molar-refractivity contribution in [2.75, 3.05) is 39.3 Å². The van der Waals surface area contributed by atoms with Crippen LogP contribution in [0.3, 0.4) is 0 Å². The third kappa shape index (κ3) is 8.45. The first-order valence-corrected chi connectivity index (χ1v) is 22.7. The number of aromatic amines is 2. The molecule has 4 saturated heterocycles. The molecular formula is C51H54N8O5. The van der Waals surface area contributed by atoms with E-state index in [4.69, 9.17) is 14.7 Å². The highest BCUT2D eigenvalue weighted by molar-refractivity contribution is 5.84. The number of amides is 3. The second-order valence-corrected chi connectivity index (χ2v) is 17.5. The molecule has 64 heavy (non-hydrogen) atoms. The Morgan fingerprint density at radius 2 is 1.20 bits per heavy atom. The number of hydrogen-bond donors (Lipinski definition) is 3. The van der Waals surface area contributed by atoms with Crippen molar-refractivity contribution in [1.82, 2.24) is 39.5 Å². The molecule has 4 aliphatic heterocycles. The second-order valence-electron chi connectivity index (χ2n) is 17.5. The number of rotatable bonds is 11. The van der Waals surface area contributed by atoms with Gasteiger partial charge < -0.3 is 34.5 Å². The van der Waals surface area contributed by atoms with Crippen LogP contribution in [0.5, 0.6) is 0 Å². The summed E-state index contributed by atoms with van der Waals surface area (Å²) >= 11 is 0. The van der Waals surface area contributed by atoms with Crippen molar-refractivity contribution in [3.05, 3.63) is 144 Å². The van der Waals surface area contributed by atoms with Crippen molar-refractivity contribution < 1.29 is 24.2 Å². The minimum Gasteiger partial charge on any atom is -0.465 e. The average Bonchev–Trinajstić information content (AvgIpc) is 4.20. The molecule has 6 heterocycles. The van der Waals surface area contributed by atoms with Crippen LogP contribution in [0.25, 0.3) is 33.6 Å². The van der Waals surface area contributed by atoms with Gasteiger partial charge in [-0.25, -0.2) is 14.8 Å². The zero-order chi connectivity index (χ0) is 43.6. The molecule has 3 N–H and O–H groups in total. The van der Waals surface area contributed by atoms with Crippen molar-refractivity contribution in [3.8, 4) is 33.6 Å². The van der Waals surface area contributed by atoms with Crippen LogP contribution in [0.4, 0.5) is 4.79 Å². The van der Waals surface area contributed by atoms with Crippen LogP contribution in [-0.4, -0.2) is 114 Å². The van der Waals surface area contributed by atoms with E-state index in [0.29, 0.717) is 39.2 Å². The predicted molar refractivity (Wildman–Crippen MR) is 243 cm³/mol. The molecule has 0 saturated carbocycles. The van der Waals surface area contributed by atoms with Crippen molar-refractivity contribution in [2.45, 2.75) is 75.2 Å². The van der Waals surface area contributed by atoms with E-state index in [1.165, 1.54) is 4.90 Å². The summed E-state index contributed by atoms with van der Waals surface area (Å²) in [5.41, 5.74) is 7.99. The first-order chi connectivity index (χ1) is 31.4. The molecule has 4 aromatic carbocycles. The molecule has 4 aliphatic rings. The van der Waals surface area contributed by atoms with E-state index in [1.54, 1.807) is 0 Å². The molecule has 0 spiro atoms. The van der Waals surface area contributed by atoms with Gasteiger partial charge >= 0.3 is 6.09 Å². The number of carboxylic acid groups (broad SMARTS) is 1. The Morgan fingerprint density at radius 3 is 1.78 bits per heavy atom. The maximum absolute atomic E-state index is 14.9. The van der Waals surface area contributed by atoms with Crippen LogP contribution >= 0.6 is 0 Å². The number of nitrogens with one attached hydrogen (secondary N) is 2. The van der Waals surface area contributed by atoms with Crippen molar-refractivity contribution in [1.29, 1.82) is 0 Å². The highest BCUT2D eigenvalue weighted by atomic mass is 16.5. The number of H-pyrrole nitrogens is 2. The van der Waals surface area contributed by atoms with Gasteiger partial charge in [0.15, 0.2) is 0 Å². The van der Waals surface area contributed by atoms with Crippen molar-refractivity contribution in [3.63, 3.8) is 0 Å². The highest BCUT2D eigenvalue weighted by Crippen LogP contribution is 2.38. The van der Waals surface area contributed by atoms with Crippen LogP contribution < -0.4 is 0 Å². The van der Waals surface area contributed by atoms with E-state index in [2.05, 4.69) is 63.4 Å². The van der Waals surface area contributed by atoms with Crippen molar-refractivity contribution >= 4 is 17.9 Å². The quantitative estimate of drug-likeness (QED) is 0.118. The van der Waals surface area contributed by atoms with Crippen LogP contribution in [0, 0.1) is 0 Å². The number of carbonyl (C=O) groups is 3. The van der Waals surface area contributed by atoms with Gasteiger partial charge in [-0.1, -0.05) is 109 Å². The number of carbonyl (C=O) groups excluding carboxylic acids is 2. The number of hydrogen-bond acceptors (Lipinski definition) is 7. The molecule has 0 bridgehead atoms. The molecule has 13 heteroatoms. The third-order valence-corrected chi connectivity index (χ3v) is 13.6. The van der Waals surface area contributed by atoms with Crippen LogP contribution in [-0.2, 0) is 20.7 Å². The summed E-state index contributed by atoms with van der Waals surface area (Å²) in [4.78, 5) is 64.7. The topological polar surface area (TPSA) is 151 Å². The fraction of sp³-hybridized carbons (Fsp3) is 0.353. The third-order valence-electron chi connectivity index (χ3n) is 13.6. The Labute approximate surface area is 373 Å². The van der Waals surface area contributed by atoms with Gasteiger partial charge in [-0.2, -0.15) is 0 Å². The standard InChI is InChI=1S/C51H54N8O5/c60-49(45-16-9-29-64-45)58-25-7-14-43(58)47-52-31-41(54-47)37-21-17-35(18-22-37)36-19-23-38(24-20-36)42-32-53-48(55-42)44-15-8-26-59(44)50(61)46(39-12-5-2-6-13-39)56-27-28-57(51(62)63)40(33-56)30-34-10-3-1-4-11-34/h1-6,10-13,17-24,31-32,40,43-46H,7-9,14-16,25-30,33H2,(H,52,54)(H,53,55)(H,62,63)/t40?,43-,44-,45+,46?/m0/s1. The Bertz CT molecular complexity index is 2550. The molecule has 0 aliphatic carbocycles. The summed E-state index contributed by atoms with van der Waals surface area (Å²) in [5, 5.41) is 10.1. The molecule has 2 unspecified atom stereocenters. The summed E-state index contributed by atoms with van der Waals surface area (Å²) in [6, 6.07) is 35.6. The fourth-order valence-corrected chi connectivity index (χ4v) is 10.3. The van der Waals surface area contributed by atoms with Gasteiger partial charge in [0.25, 0.3) is 5.91 Å². The summed E-state index contributed by atoms with van der Waals surface area (Å²) in [6.07, 6.45) is 8.27. The van der Waals surface area contributed by atoms with Gasteiger partial charge in [-0.15, -0.1) is 0 Å². The highest BCUT2D eigenvalue weighted by Gasteiger charge is 2.42. The number of benzene rings is 4. The molecule has 4 fully saturated rings. The summed E-state index contributed by atoms with van der Waals surface area (Å²) < 4.78 is 5.70. The summed E-state index contributed by atoms with van der Waals surface area (Å²) in [7, 11) is 0. The van der Waals surface area contributed by atoms with Gasteiger partial charge in [0.1, 0.15) is 23.8 Å². The first kappa shape index (κ1) is 41.4. The summed E-state index contributed by atoms with van der Waals surface area (Å²) in [5.74, 6) is 1.69. The van der Waals surface area contributed by atoms with E-state index in [1.807, 2.05) is 82.9 Å². The largest absolute Gasteiger partial charge is 0.465 e. The normalized spacial score (nSPS) is 22.0. The van der Waals surface area contributed by atoms with Gasteiger partial charge in [0.2, 0.25) is 5.91 Å². The van der Waals surface area contributed by atoms with E-state index in [9.17, 15) is 19.5 Å². The van der Waals surface area contributed by atoms with Gasteiger partial charge in [-0.05, 0) is 78.3 Å². The molecule has 5 atom stereocenters. The number of piperazine rings is 1. The van der Waals surface area contributed by atoms with Gasteiger partial charge in [0, 0.05) is 39.3 Å². The number of nitrogens with zero attached hydrogens (tertiary/aromatic N) is 6. The van der Waals surface area contributed by atoms with Crippen LogP contribution in [0.1, 0.15) is 79.4 Å². The lowest BCUT2D eigenvalue weighted by Gasteiger charge is -2.44. The zero-order valence-corrected chi connectivity index (χ0v) is 35.9. The van der Waals surface area contributed by atoms with E-state index in [0.717, 1.165) is 101 Å². The minimum absolute atomic E-state index is 0.0132. The Hall–Kier alpha value is -6.57. The predicted octanol–water partition coefficient (Wildman–Crippen LogP) is 8.29. The number of imidazole rings is 2. The van der Waals surface area contributed by atoms with E-state index in [-0.39, 0.29) is 36.0 Å². The zero-order valence-electron chi connectivity index (χ0n) is 35.9. The lowest BCUT2D eigenvalue weighted by Crippen LogP contribution is -2.58. The first-order valence-electron chi connectivity index (χ1n) is 22.7. The Balaban J connectivity index is 0.815. The average molecular weight is 859 g/mol. The molecule has 13 nitrogen and oxygen atoms in total. The number of ether oxygens (including phenoxy) is 1. The minimum atomic E-state index is -0.932. The molecule has 3 amide bonds. The SMILES string of the molecule is O=C(O)N1CCN(C(C(=O)N2CCC[C@H]2c2ncc(-c3ccc(-c4ccc(-c5cnc([C@@H]6CCCN6C(=O)[C@H]6CCCO6)[nH]5)cc4)cc3)[nH]2)c2ccccc2)CC1Cc1ccccc1. The second kappa shape index (κ2) is 18.3. The Kier molecular flexibility index (Phi) is 11.8. The maximum atomic E-state index is 14.9. The fourth-order valence-electron chi connectivity index (χ4n) is 10.3. The summed E-state index contributed by atoms with van der Waals surface area (Å²) in [6.45, 7) is 3.24. The Morgan fingerprint density at radius 1 is 0.641 bits per heavy atom. The van der Waals surface area contributed by atoms with Crippen LogP contribution in [0.2, 0.25) is 0 Å². The van der Waals surface area contributed by atoms with E-state index < -0.39 is 12.1 Å². The monoisotopic (exact) mass is 858 g/mol. The molecule has 328 valence electrons. The molecule has 2 aromatic heterocycles. The van der Waals surface area contributed by atoms with E-state index >= 15 is 0 Å². The maximum Gasteiger partial charge on any atom is 0.407 e. The molecule has 10 rings (SSSR count). The lowest BCUT2D eigenvalue weighted by molar-refractivity contribution is -0.142. The molecule has 6 aromatic rings. The number of aromatic nitrogens is 4. The molecular weight excluding hydrogens is 805 g/mol. The van der Waals surface area contributed by atoms with Gasteiger partial charge in [0.05, 0.1) is 41.9 Å². The van der Waals surface area contributed by atoms with Crippen molar-refractivity contribution in [2.24, 2.45) is 0 Å². The number of likely N-dealkylation sites (tertiary alicyclic amines) is 2. The smallest absolute Gasteiger partial charge is 0.407 e. The lowest BCUT2D eigenvalue weighted by atomic mass is 9.97. The molecule has 0 radical (unpaired) electrons.